The predicted molar refractivity (Wildman–Crippen MR) is 378 cm³/mol. The van der Waals surface area contributed by atoms with Crippen molar-refractivity contribution in [3.05, 3.63) is 142 Å². The SMILES string of the molecule is O=C(OC[C@H]1O[C@@H](O)[C@H](OC(=O)c2cc(O)c(O)c(O)c2)[C@@H](O)[C@@H]1O[C@H]1O[C@H](COC(=O)c2cc(O)c(O)c(O)c2)[C@@H](O[C@H]2O[C@H](COC(=O)c3cc(O)c(O)c(O)c3)[C@@H](OC(=O)c3cc(O)c(O)c(O)c3)[C@H](OC(=O)c3cc(O)c(O)c(O)c3)[C@H]2OC(=O)c2cc(O)c(O)c(O)c2)[C@H](O)[C@H]1OC(=O)c1cc(O)c(O)c(O)c1)c1cc(O)c(O)c(O)c1. The Balaban J connectivity index is 1.11. The van der Waals surface area contributed by atoms with Gasteiger partial charge in [-0.05, 0) is 97.1 Å². The molecule has 0 aromatic heterocycles. The molecule has 11 rings (SSSR count). The van der Waals surface area contributed by atoms with Crippen LogP contribution in [0.3, 0.4) is 0 Å². The first-order valence-corrected chi connectivity index (χ1v) is 34.3. The number of hydrogen-bond acceptors (Lipinski definition) is 48. The van der Waals surface area contributed by atoms with Gasteiger partial charge in [-0.1, -0.05) is 0 Å². The largest absolute Gasteiger partial charge is 0.504 e. The molecule has 0 spiro atoms. The van der Waals surface area contributed by atoms with Crippen molar-refractivity contribution in [3.8, 4) is 138 Å². The number of ether oxygens (including phenoxy) is 13. The normalized spacial score (nSPS) is 22.4. The summed E-state index contributed by atoms with van der Waals surface area (Å²) in [5.74, 6) is -44.3. The zero-order valence-electron chi connectivity index (χ0n) is 60.7. The number of carbonyl (C=O) groups is 8. The van der Waals surface area contributed by atoms with Crippen molar-refractivity contribution >= 4 is 47.8 Å². The molecule has 48 heteroatoms. The molecule has 122 heavy (non-hydrogen) atoms. The van der Waals surface area contributed by atoms with E-state index in [0.717, 1.165) is 0 Å². The van der Waals surface area contributed by atoms with Crippen LogP contribution in [0.1, 0.15) is 82.9 Å². The fourth-order valence-corrected chi connectivity index (χ4v) is 12.1. The Morgan fingerprint density at radius 2 is 0.402 bits per heavy atom. The van der Waals surface area contributed by atoms with Gasteiger partial charge in [-0.3, -0.25) is 0 Å². The smallest absolute Gasteiger partial charge is 0.339 e. The van der Waals surface area contributed by atoms with Gasteiger partial charge in [-0.25, -0.2) is 38.4 Å². The zero-order chi connectivity index (χ0) is 89.4. The van der Waals surface area contributed by atoms with Crippen LogP contribution in [0.25, 0.3) is 0 Å². The molecular weight excluding hydrogens is 1660 g/mol. The van der Waals surface area contributed by atoms with E-state index in [1.807, 2.05) is 0 Å². The summed E-state index contributed by atoms with van der Waals surface area (Å²) in [4.78, 5) is 115. The second kappa shape index (κ2) is 34.9. The van der Waals surface area contributed by atoms with E-state index in [2.05, 4.69) is 0 Å². The Bertz CT molecular complexity index is 5280. The third-order valence-electron chi connectivity index (χ3n) is 18.2. The summed E-state index contributed by atoms with van der Waals surface area (Å²) in [6, 6.07) is 7.11. The molecule has 48 nitrogen and oxygen atoms in total. The van der Waals surface area contributed by atoms with Crippen molar-refractivity contribution in [1.29, 1.82) is 0 Å². The van der Waals surface area contributed by atoms with Crippen molar-refractivity contribution in [2.24, 2.45) is 0 Å². The summed E-state index contributed by atoms with van der Waals surface area (Å²) in [5.41, 5.74) is -7.61. The Morgan fingerprint density at radius 1 is 0.221 bits per heavy atom. The number of hydrogen-bond donors (Lipinski definition) is 27. The number of phenols is 24. The number of benzene rings is 8. The van der Waals surface area contributed by atoms with Crippen LogP contribution in [-0.4, -0.2) is 298 Å². The molecule has 8 aromatic carbocycles. The first-order valence-electron chi connectivity index (χ1n) is 34.3. The van der Waals surface area contributed by atoms with Gasteiger partial charge < -0.3 is 199 Å². The first-order chi connectivity index (χ1) is 57.4. The van der Waals surface area contributed by atoms with Crippen molar-refractivity contribution in [1.82, 2.24) is 0 Å². The first kappa shape index (κ1) is 87.2. The highest BCUT2D eigenvalue weighted by Crippen LogP contribution is 2.46. The molecule has 648 valence electrons. The van der Waals surface area contributed by atoms with Crippen LogP contribution in [-0.2, 0) is 61.6 Å². The predicted octanol–water partition coefficient (Wildman–Crippen LogP) is 0.279. The molecule has 3 aliphatic heterocycles. The van der Waals surface area contributed by atoms with Gasteiger partial charge in [0.15, 0.2) is 187 Å². The Morgan fingerprint density at radius 3 is 0.656 bits per heavy atom. The second-order valence-corrected chi connectivity index (χ2v) is 26.4. The quantitative estimate of drug-likeness (QED) is 0.0232. The number of aliphatic hydroxyl groups is 3. The number of aliphatic hydroxyl groups excluding tert-OH is 3. The summed E-state index contributed by atoms with van der Waals surface area (Å²) in [7, 11) is 0. The molecule has 3 fully saturated rings. The van der Waals surface area contributed by atoms with E-state index in [1.54, 1.807) is 0 Å². The van der Waals surface area contributed by atoms with Gasteiger partial charge in [0.2, 0.25) is 0 Å². The van der Waals surface area contributed by atoms with Crippen molar-refractivity contribution < 1.29 is 238 Å². The summed E-state index contributed by atoms with van der Waals surface area (Å²) < 4.78 is 75.8. The van der Waals surface area contributed by atoms with E-state index in [4.69, 9.17) is 61.6 Å². The van der Waals surface area contributed by atoms with Crippen molar-refractivity contribution in [2.75, 3.05) is 19.8 Å². The third kappa shape index (κ3) is 18.2. The number of rotatable bonds is 23. The molecule has 0 amide bonds. The lowest BCUT2D eigenvalue weighted by atomic mass is 9.95. The van der Waals surface area contributed by atoms with Gasteiger partial charge in [0.1, 0.15) is 62.5 Å². The van der Waals surface area contributed by atoms with Gasteiger partial charge in [-0.15, -0.1) is 0 Å². The van der Waals surface area contributed by atoms with Gasteiger partial charge in [0.05, 0.1) is 44.5 Å². The van der Waals surface area contributed by atoms with E-state index in [1.165, 1.54) is 0 Å². The lowest BCUT2D eigenvalue weighted by Crippen LogP contribution is -2.68. The van der Waals surface area contributed by atoms with Crippen LogP contribution in [0, 0.1) is 0 Å². The Kier molecular flexibility index (Phi) is 25.0. The fourth-order valence-electron chi connectivity index (χ4n) is 12.1. The highest BCUT2D eigenvalue weighted by molar-refractivity contribution is 5.96. The monoisotopic (exact) mass is 1720 g/mol. The standard InChI is InChI=1S/C74H64O48/c75-28-1-20(2-29(76)47(28)91)64(101)110-17-44-57(55(99)60(72(109)113-44)117-68(105)24-9-36(83)51(95)37(84)10-24)121-73-61(118-69(106)25-11-38(85)52(96)39(86)12-25)56(100)58(45(114-73)18-111-65(102)21-3-30(77)48(92)31(78)4-21)122-74-63(120-71(108)27-15-42(89)54(98)43(90)16-27)62(119-70(107)26-13-40(87)53(97)41(88)14-26)59(116-67(104)23-7-34(81)50(94)35(82)8-23)46(115-74)19-112-66(103)22-5-32(79)49(93)33(80)6-22/h1-16,44-46,55-63,72-100,109H,17-19H2/t44-,45-,46-,55+,56+,57-,58-,59-,60-,61-,62+,63-,72-,73-,74-/m1/s1. The lowest BCUT2D eigenvalue weighted by molar-refractivity contribution is -0.375. The summed E-state index contributed by atoms with van der Waals surface area (Å²) in [6.45, 7) is -4.62. The van der Waals surface area contributed by atoms with Crippen LogP contribution >= 0.6 is 0 Å². The maximum atomic E-state index is 14.9. The fraction of sp³-hybridized carbons (Fsp3) is 0.243. The van der Waals surface area contributed by atoms with E-state index in [9.17, 15) is 176 Å². The molecule has 0 bridgehead atoms. The van der Waals surface area contributed by atoms with E-state index in [0.29, 0.717) is 97.1 Å². The number of phenolic OH excluding ortho intramolecular Hbond substituents is 24. The minimum atomic E-state index is -3.10. The highest BCUT2D eigenvalue weighted by Gasteiger charge is 2.59. The van der Waals surface area contributed by atoms with Gasteiger partial charge in [0, 0.05) is 0 Å². The van der Waals surface area contributed by atoms with E-state index >= 15 is 0 Å². The molecular formula is C74H64O48. The highest BCUT2D eigenvalue weighted by atomic mass is 16.8. The molecule has 3 aliphatic rings. The van der Waals surface area contributed by atoms with Crippen molar-refractivity contribution in [3.63, 3.8) is 0 Å². The number of carbonyl (C=O) groups excluding carboxylic acids is 8. The minimum Gasteiger partial charge on any atom is -0.504 e. The van der Waals surface area contributed by atoms with Crippen LogP contribution < -0.4 is 0 Å². The molecule has 8 aromatic rings. The molecule has 0 saturated carbocycles. The van der Waals surface area contributed by atoms with E-state index < -0.39 is 342 Å². The lowest BCUT2D eigenvalue weighted by Gasteiger charge is -2.49. The molecule has 0 unspecified atom stereocenters. The molecule has 0 aliphatic carbocycles. The summed E-state index contributed by atoms with van der Waals surface area (Å²) >= 11 is 0. The van der Waals surface area contributed by atoms with Crippen LogP contribution in [0.4, 0.5) is 0 Å². The van der Waals surface area contributed by atoms with Crippen LogP contribution in [0.5, 0.6) is 138 Å². The minimum absolute atomic E-state index is 0.377. The topological polar surface area (TPSA) is 803 Å². The number of esters is 8. The second-order valence-electron chi connectivity index (χ2n) is 26.4. The van der Waals surface area contributed by atoms with Gasteiger partial charge >= 0.3 is 47.8 Å². The number of aromatic hydroxyl groups is 24. The third-order valence-corrected chi connectivity index (χ3v) is 18.2. The average Bonchev–Trinajstić information content (AvgIpc) is 0.752. The summed E-state index contributed by atoms with van der Waals surface area (Å²) in [6.07, 6.45) is -42.1. The Hall–Kier alpha value is -15.6. The molecule has 3 saturated heterocycles. The summed E-state index contributed by atoms with van der Waals surface area (Å²) in [5, 5.41) is 287. The maximum Gasteiger partial charge on any atom is 0.339 e. The molecule has 27 N–H and O–H groups in total. The van der Waals surface area contributed by atoms with Gasteiger partial charge in [0.25, 0.3) is 0 Å². The van der Waals surface area contributed by atoms with Gasteiger partial charge in [-0.2, -0.15) is 0 Å². The van der Waals surface area contributed by atoms with E-state index in [-0.39, 0.29) is 0 Å². The van der Waals surface area contributed by atoms with Crippen LogP contribution in [0.2, 0.25) is 0 Å². The Labute approximate surface area is 675 Å². The average molecular weight is 1720 g/mol. The maximum absolute atomic E-state index is 14.9. The molecule has 15 atom stereocenters. The zero-order valence-corrected chi connectivity index (χ0v) is 60.7. The molecule has 0 radical (unpaired) electrons. The van der Waals surface area contributed by atoms with Crippen LogP contribution in [0.15, 0.2) is 97.1 Å². The van der Waals surface area contributed by atoms with Crippen molar-refractivity contribution in [2.45, 2.75) is 92.1 Å². The molecule has 3 heterocycles.